The van der Waals surface area contributed by atoms with Crippen molar-refractivity contribution in [2.45, 2.75) is 59.2 Å². The average molecular weight is 354 g/mol. The van der Waals surface area contributed by atoms with Crippen LogP contribution in [0.3, 0.4) is 0 Å². The maximum Gasteiger partial charge on any atom is 0.302 e. The number of esters is 2. The summed E-state index contributed by atoms with van der Waals surface area (Å²) >= 11 is 0. The predicted octanol–water partition coefficient (Wildman–Crippen LogP) is 2.45. The van der Waals surface area contributed by atoms with Crippen molar-refractivity contribution in [3.05, 3.63) is 35.5 Å². The number of allylic oxidation sites excluding steroid dienone is 1. The minimum Gasteiger partial charge on any atom is -0.462 e. The zero-order valence-corrected chi connectivity index (χ0v) is 15.6. The molecule has 0 radical (unpaired) electrons. The molecule has 0 amide bonds. The third-order valence-electron chi connectivity index (χ3n) is 3.45. The molecule has 0 aromatic carbocycles. The number of rotatable bonds is 11. The molecule has 0 aliphatic heterocycles. The van der Waals surface area contributed by atoms with Gasteiger partial charge in [0, 0.05) is 20.3 Å². The number of carbonyl (C=O) groups is 2. The lowest BCUT2D eigenvalue weighted by molar-refractivity contribution is -0.141. The lowest BCUT2D eigenvalue weighted by Gasteiger charge is -2.13. The molecule has 0 fully saturated rings. The largest absolute Gasteiger partial charge is 0.462 e. The Labute approximate surface area is 149 Å². The molecule has 25 heavy (non-hydrogen) atoms. The zero-order valence-electron chi connectivity index (χ0n) is 15.6. The van der Waals surface area contributed by atoms with E-state index in [1.807, 2.05) is 6.92 Å². The van der Waals surface area contributed by atoms with E-state index < -0.39 is 24.1 Å². The van der Waals surface area contributed by atoms with Gasteiger partial charge in [-0.3, -0.25) is 9.59 Å². The number of hydrogen-bond acceptors (Lipinski definition) is 6. The van der Waals surface area contributed by atoms with Crippen molar-refractivity contribution in [1.29, 1.82) is 0 Å². The molecule has 0 aromatic heterocycles. The van der Waals surface area contributed by atoms with Gasteiger partial charge in [-0.05, 0) is 38.3 Å². The van der Waals surface area contributed by atoms with Gasteiger partial charge in [-0.1, -0.05) is 23.8 Å². The molecule has 0 saturated carbocycles. The van der Waals surface area contributed by atoms with Crippen LogP contribution in [-0.4, -0.2) is 47.6 Å². The average Bonchev–Trinajstić information content (AvgIpc) is 2.49. The van der Waals surface area contributed by atoms with E-state index in [2.05, 4.69) is 6.58 Å². The molecule has 0 spiro atoms. The van der Waals surface area contributed by atoms with E-state index in [0.717, 1.165) is 5.57 Å². The lowest BCUT2D eigenvalue weighted by atomic mass is 10.0. The van der Waals surface area contributed by atoms with E-state index in [1.165, 1.54) is 13.8 Å². The first-order valence-corrected chi connectivity index (χ1v) is 8.25. The van der Waals surface area contributed by atoms with Crippen LogP contribution in [-0.2, 0) is 19.1 Å². The molecule has 0 aliphatic carbocycles. The molecule has 0 bridgehead atoms. The van der Waals surface area contributed by atoms with Crippen molar-refractivity contribution in [3.63, 3.8) is 0 Å². The van der Waals surface area contributed by atoms with Crippen LogP contribution >= 0.6 is 0 Å². The van der Waals surface area contributed by atoms with Gasteiger partial charge in [-0.25, -0.2) is 0 Å². The number of carbonyl (C=O) groups excluding carboxylic acids is 2. The number of ether oxygens (including phenoxy) is 2. The summed E-state index contributed by atoms with van der Waals surface area (Å²) in [5.74, 6) is -0.830. The van der Waals surface area contributed by atoms with Gasteiger partial charge in [0.1, 0.15) is 13.2 Å². The van der Waals surface area contributed by atoms with Crippen LogP contribution in [0.4, 0.5) is 0 Å². The van der Waals surface area contributed by atoms with E-state index in [9.17, 15) is 19.8 Å². The Morgan fingerprint density at radius 1 is 1.08 bits per heavy atom. The molecule has 0 rings (SSSR count). The Morgan fingerprint density at radius 2 is 1.68 bits per heavy atom. The maximum absolute atomic E-state index is 11.0. The molecule has 0 unspecified atom stereocenters. The van der Waals surface area contributed by atoms with Gasteiger partial charge in [0.15, 0.2) is 0 Å². The fourth-order valence-corrected chi connectivity index (χ4v) is 2.02. The summed E-state index contributed by atoms with van der Waals surface area (Å²) in [5.41, 5.74) is 2.32. The molecule has 6 heteroatoms. The van der Waals surface area contributed by atoms with Crippen LogP contribution in [0.2, 0.25) is 0 Å². The van der Waals surface area contributed by atoms with E-state index in [4.69, 9.17) is 9.47 Å². The van der Waals surface area contributed by atoms with Crippen LogP contribution in [0.1, 0.15) is 47.0 Å². The topological polar surface area (TPSA) is 93.1 Å². The highest BCUT2D eigenvalue weighted by molar-refractivity contribution is 5.66. The first kappa shape index (κ1) is 23.1. The van der Waals surface area contributed by atoms with Gasteiger partial charge in [0.25, 0.3) is 0 Å². The Balaban J connectivity index is 4.67. The monoisotopic (exact) mass is 354 g/mol. The summed E-state index contributed by atoms with van der Waals surface area (Å²) in [6.45, 7) is 10.1. The van der Waals surface area contributed by atoms with Gasteiger partial charge >= 0.3 is 11.9 Å². The van der Waals surface area contributed by atoms with Crippen molar-refractivity contribution in [2.24, 2.45) is 0 Å². The number of aliphatic hydroxyl groups is 2. The number of hydrogen-bond donors (Lipinski definition) is 2. The van der Waals surface area contributed by atoms with Crippen molar-refractivity contribution in [1.82, 2.24) is 0 Å². The molecule has 0 aliphatic rings. The van der Waals surface area contributed by atoms with E-state index in [1.54, 1.807) is 19.1 Å². The predicted molar refractivity (Wildman–Crippen MR) is 95.8 cm³/mol. The standard InChI is InChI=1S/C19H30O6/c1-13(2)19(23)7-6-14(3)10-18(22)11-17(12-25-16(5)21)8-9-24-15(4)20/h8,10,18-19,22-23H,1,6-7,9,11-12H2,2-5H3/b14-10+,17-8-/t18-,19+/m0/s1. The normalized spacial score (nSPS) is 14.6. The highest BCUT2D eigenvalue weighted by Gasteiger charge is 2.09. The zero-order chi connectivity index (χ0) is 19.4. The van der Waals surface area contributed by atoms with Crippen molar-refractivity contribution in [2.75, 3.05) is 13.2 Å². The fraction of sp³-hybridized carbons (Fsp3) is 0.579. The van der Waals surface area contributed by atoms with E-state index in [0.29, 0.717) is 24.0 Å². The van der Waals surface area contributed by atoms with Crippen molar-refractivity contribution < 1.29 is 29.3 Å². The van der Waals surface area contributed by atoms with Crippen LogP contribution in [0, 0.1) is 0 Å². The number of aliphatic hydroxyl groups excluding tert-OH is 2. The Kier molecular flexibility index (Phi) is 11.5. The third kappa shape index (κ3) is 13.1. The summed E-state index contributed by atoms with van der Waals surface area (Å²) in [7, 11) is 0. The van der Waals surface area contributed by atoms with Crippen molar-refractivity contribution in [3.8, 4) is 0 Å². The Bertz CT molecular complexity index is 518. The van der Waals surface area contributed by atoms with Crippen LogP contribution in [0.25, 0.3) is 0 Å². The second kappa shape index (κ2) is 12.4. The molecule has 2 atom stereocenters. The summed E-state index contributed by atoms with van der Waals surface area (Å²) in [6, 6.07) is 0. The molecule has 6 nitrogen and oxygen atoms in total. The van der Waals surface area contributed by atoms with Gasteiger partial charge < -0.3 is 19.7 Å². The third-order valence-corrected chi connectivity index (χ3v) is 3.45. The molecule has 0 heterocycles. The first-order chi connectivity index (χ1) is 11.6. The van der Waals surface area contributed by atoms with Gasteiger partial charge in [-0.15, -0.1) is 0 Å². The SMILES string of the molecule is C=C(C)[C@H](O)CC/C(C)=C/[C@H](O)C/C(=C/COC(C)=O)COC(C)=O. The van der Waals surface area contributed by atoms with Crippen LogP contribution < -0.4 is 0 Å². The minimum atomic E-state index is -0.763. The summed E-state index contributed by atoms with van der Waals surface area (Å²) in [6.07, 6.45) is 3.47. The van der Waals surface area contributed by atoms with E-state index in [-0.39, 0.29) is 19.6 Å². The molecule has 142 valence electrons. The maximum atomic E-state index is 11.0. The molecule has 0 aromatic rings. The molecular weight excluding hydrogens is 324 g/mol. The highest BCUT2D eigenvalue weighted by atomic mass is 16.5. The fourth-order valence-electron chi connectivity index (χ4n) is 2.02. The van der Waals surface area contributed by atoms with Crippen LogP contribution in [0.5, 0.6) is 0 Å². The van der Waals surface area contributed by atoms with Gasteiger partial charge in [0.2, 0.25) is 0 Å². The Hall–Kier alpha value is -1.92. The first-order valence-electron chi connectivity index (χ1n) is 8.25. The summed E-state index contributed by atoms with van der Waals surface area (Å²) in [5, 5.41) is 19.9. The lowest BCUT2D eigenvalue weighted by Crippen LogP contribution is -2.12. The van der Waals surface area contributed by atoms with Gasteiger partial charge in [0.05, 0.1) is 12.2 Å². The smallest absolute Gasteiger partial charge is 0.302 e. The highest BCUT2D eigenvalue weighted by Crippen LogP contribution is 2.15. The molecule has 2 N–H and O–H groups in total. The molecule has 0 saturated heterocycles. The second-order valence-corrected chi connectivity index (χ2v) is 6.13. The summed E-state index contributed by atoms with van der Waals surface area (Å²) < 4.78 is 9.79. The van der Waals surface area contributed by atoms with Gasteiger partial charge in [-0.2, -0.15) is 0 Å². The van der Waals surface area contributed by atoms with Crippen LogP contribution in [0.15, 0.2) is 35.5 Å². The van der Waals surface area contributed by atoms with E-state index >= 15 is 0 Å². The molecular formula is C19H30O6. The quantitative estimate of drug-likeness (QED) is 0.437. The Morgan fingerprint density at radius 3 is 2.20 bits per heavy atom. The summed E-state index contributed by atoms with van der Waals surface area (Å²) in [4.78, 5) is 21.8. The second-order valence-electron chi connectivity index (χ2n) is 6.13. The minimum absolute atomic E-state index is 0.0366. The van der Waals surface area contributed by atoms with Crippen molar-refractivity contribution >= 4 is 11.9 Å².